The van der Waals surface area contributed by atoms with E-state index in [0.29, 0.717) is 12.0 Å². The molecule has 1 aromatic heterocycles. The van der Waals surface area contributed by atoms with Crippen molar-refractivity contribution in [2.45, 2.75) is 74.2 Å². The minimum Gasteiger partial charge on any atom is -0.468 e. The number of aromatic nitrogens is 3. The second kappa shape index (κ2) is 6.38. The van der Waals surface area contributed by atoms with E-state index in [9.17, 15) is 4.79 Å². The molecule has 0 radical (unpaired) electrons. The SMILES string of the molecule is CCCC[C@H](Sc1nnc(C2CC2)n1C1CC1)C(=O)OC. The van der Waals surface area contributed by atoms with E-state index in [4.69, 9.17) is 4.74 Å². The minimum absolute atomic E-state index is 0.147. The van der Waals surface area contributed by atoms with E-state index in [-0.39, 0.29) is 11.2 Å². The van der Waals surface area contributed by atoms with Crippen LogP contribution in [-0.2, 0) is 9.53 Å². The molecule has 1 aromatic rings. The first kappa shape index (κ1) is 14.9. The quantitative estimate of drug-likeness (QED) is 0.544. The summed E-state index contributed by atoms with van der Waals surface area (Å²) in [6, 6.07) is 0.558. The monoisotopic (exact) mass is 309 g/mol. The number of carbonyl (C=O) groups is 1. The summed E-state index contributed by atoms with van der Waals surface area (Å²) < 4.78 is 7.24. The van der Waals surface area contributed by atoms with E-state index in [1.165, 1.54) is 44.6 Å². The number of methoxy groups -OCH3 is 1. The van der Waals surface area contributed by atoms with Gasteiger partial charge in [0.2, 0.25) is 0 Å². The molecule has 0 bridgehead atoms. The largest absolute Gasteiger partial charge is 0.468 e. The highest BCUT2D eigenvalue weighted by molar-refractivity contribution is 8.00. The van der Waals surface area contributed by atoms with E-state index in [2.05, 4.69) is 21.7 Å². The fourth-order valence-corrected chi connectivity index (χ4v) is 3.71. The Bertz CT molecular complexity index is 509. The third-order valence-corrected chi connectivity index (χ3v) is 5.28. The second-order valence-electron chi connectivity index (χ2n) is 5.99. The van der Waals surface area contributed by atoms with Crippen molar-refractivity contribution in [2.75, 3.05) is 7.11 Å². The molecule has 0 aliphatic heterocycles. The molecule has 116 valence electrons. The highest BCUT2D eigenvalue weighted by atomic mass is 32.2. The van der Waals surface area contributed by atoms with Crippen molar-refractivity contribution in [2.24, 2.45) is 0 Å². The lowest BCUT2D eigenvalue weighted by atomic mass is 10.2. The number of unbranched alkanes of at least 4 members (excludes halogenated alkanes) is 1. The third-order valence-electron chi connectivity index (χ3n) is 4.08. The Morgan fingerprint density at radius 2 is 2.14 bits per heavy atom. The van der Waals surface area contributed by atoms with Gasteiger partial charge in [0, 0.05) is 12.0 Å². The first-order valence-electron chi connectivity index (χ1n) is 7.93. The Hall–Kier alpha value is -1.04. The van der Waals surface area contributed by atoms with Crippen molar-refractivity contribution in [3.05, 3.63) is 5.82 Å². The molecule has 0 unspecified atom stereocenters. The summed E-state index contributed by atoms with van der Waals surface area (Å²) in [5, 5.41) is 9.51. The molecular formula is C15H23N3O2S. The van der Waals surface area contributed by atoms with E-state index in [1.54, 1.807) is 0 Å². The molecule has 21 heavy (non-hydrogen) atoms. The smallest absolute Gasteiger partial charge is 0.319 e. The Labute approximate surface area is 129 Å². The molecule has 2 aliphatic rings. The molecule has 3 rings (SSSR count). The number of esters is 1. The number of nitrogens with zero attached hydrogens (tertiary/aromatic N) is 3. The van der Waals surface area contributed by atoms with Crippen LogP contribution < -0.4 is 0 Å². The van der Waals surface area contributed by atoms with Gasteiger partial charge in [0.15, 0.2) is 5.16 Å². The van der Waals surface area contributed by atoms with Crippen LogP contribution in [0.5, 0.6) is 0 Å². The van der Waals surface area contributed by atoms with Crippen LogP contribution in [0.2, 0.25) is 0 Å². The van der Waals surface area contributed by atoms with E-state index < -0.39 is 0 Å². The van der Waals surface area contributed by atoms with Crippen LogP contribution >= 0.6 is 11.8 Å². The van der Waals surface area contributed by atoms with E-state index >= 15 is 0 Å². The maximum Gasteiger partial charge on any atom is 0.319 e. The van der Waals surface area contributed by atoms with Crippen LogP contribution in [0.4, 0.5) is 0 Å². The van der Waals surface area contributed by atoms with E-state index in [1.807, 2.05) is 0 Å². The predicted octanol–water partition coefficient (Wildman–Crippen LogP) is 3.31. The summed E-state index contributed by atoms with van der Waals surface area (Å²) >= 11 is 1.54. The molecule has 0 aromatic carbocycles. The fraction of sp³-hybridized carbons (Fsp3) is 0.800. The average Bonchev–Trinajstić information content (AvgIpc) is 3.41. The molecule has 0 amide bonds. The van der Waals surface area contributed by atoms with Crippen molar-refractivity contribution >= 4 is 17.7 Å². The maximum atomic E-state index is 12.0. The minimum atomic E-state index is -0.163. The Balaban J connectivity index is 1.76. The number of ether oxygens (including phenoxy) is 1. The highest BCUT2D eigenvalue weighted by Crippen LogP contribution is 2.46. The van der Waals surface area contributed by atoms with E-state index in [0.717, 1.165) is 30.2 Å². The van der Waals surface area contributed by atoms with Crippen molar-refractivity contribution < 1.29 is 9.53 Å². The van der Waals surface area contributed by atoms with Crippen molar-refractivity contribution in [3.63, 3.8) is 0 Å². The third kappa shape index (κ3) is 3.42. The lowest BCUT2D eigenvalue weighted by Crippen LogP contribution is -2.19. The Morgan fingerprint density at radius 1 is 1.38 bits per heavy atom. The number of hydrogen-bond donors (Lipinski definition) is 0. The Kier molecular flexibility index (Phi) is 4.52. The molecule has 6 heteroatoms. The topological polar surface area (TPSA) is 57.0 Å². The molecule has 5 nitrogen and oxygen atoms in total. The standard InChI is InChI=1S/C15H23N3O2S/c1-3-4-5-12(14(19)20-2)21-15-17-16-13(10-6-7-10)18(15)11-8-9-11/h10-12H,3-9H2,1-2H3/t12-/m0/s1. The first-order valence-corrected chi connectivity index (χ1v) is 8.81. The van der Waals surface area contributed by atoms with Crippen LogP contribution in [0.15, 0.2) is 5.16 Å². The van der Waals surface area contributed by atoms with Gasteiger partial charge >= 0.3 is 5.97 Å². The molecule has 2 saturated carbocycles. The molecule has 0 spiro atoms. The van der Waals surface area contributed by atoms with Crippen LogP contribution in [-0.4, -0.2) is 33.1 Å². The molecular weight excluding hydrogens is 286 g/mol. The molecule has 2 fully saturated rings. The fourth-order valence-electron chi connectivity index (χ4n) is 2.54. The molecule has 1 heterocycles. The van der Waals surface area contributed by atoms with Crippen molar-refractivity contribution in [1.82, 2.24) is 14.8 Å². The lowest BCUT2D eigenvalue weighted by molar-refractivity contribution is -0.140. The molecule has 2 aliphatic carbocycles. The van der Waals surface area contributed by atoms with Crippen LogP contribution in [0.3, 0.4) is 0 Å². The average molecular weight is 309 g/mol. The summed E-state index contributed by atoms with van der Waals surface area (Å²) in [7, 11) is 1.46. The van der Waals surface area contributed by atoms with Crippen LogP contribution in [0.25, 0.3) is 0 Å². The number of rotatable bonds is 8. The van der Waals surface area contributed by atoms with Gasteiger partial charge in [0.1, 0.15) is 11.1 Å². The van der Waals surface area contributed by atoms with Gasteiger partial charge < -0.3 is 9.30 Å². The molecule has 0 N–H and O–H groups in total. The predicted molar refractivity (Wildman–Crippen MR) is 81.5 cm³/mol. The second-order valence-corrected chi connectivity index (χ2v) is 7.16. The zero-order chi connectivity index (χ0) is 14.8. The lowest BCUT2D eigenvalue weighted by Gasteiger charge is -2.14. The van der Waals surface area contributed by atoms with Gasteiger partial charge in [-0.25, -0.2) is 0 Å². The maximum absolute atomic E-state index is 12.0. The van der Waals surface area contributed by atoms with Gasteiger partial charge in [0.25, 0.3) is 0 Å². The summed E-state index contributed by atoms with van der Waals surface area (Å²) in [5.74, 6) is 1.59. The number of thioether (sulfide) groups is 1. The normalized spacial score (nSPS) is 19.5. The zero-order valence-corrected chi connectivity index (χ0v) is 13.6. The summed E-state index contributed by atoms with van der Waals surface area (Å²) in [6.07, 6.45) is 7.82. The number of carbonyl (C=O) groups excluding carboxylic acids is 1. The van der Waals surface area contributed by atoms with Crippen molar-refractivity contribution in [1.29, 1.82) is 0 Å². The van der Waals surface area contributed by atoms with Crippen LogP contribution in [0, 0.1) is 0 Å². The first-order chi connectivity index (χ1) is 10.2. The number of hydrogen-bond acceptors (Lipinski definition) is 5. The van der Waals surface area contributed by atoms with Gasteiger partial charge in [0.05, 0.1) is 7.11 Å². The highest BCUT2D eigenvalue weighted by Gasteiger charge is 2.37. The van der Waals surface area contributed by atoms with Gasteiger partial charge in [-0.2, -0.15) is 0 Å². The van der Waals surface area contributed by atoms with Crippen LogP contribution in [0.1, 0.15) is 69.7 Å². The van der Waals surface area contributed by atoms with Gasteiger partial charge in [-0.1, -0.05) is 31.5 Å². The summed E-state index contributed by atoms with van der Waals surface area (Å²) in [4.78, 5) is 12.0. The Morgan fingerprint density at radius 3 is 2.71 bits per heavy atom. The van der Waals surface area contributed by atoms with Gasteiger partial charge in [-0.3, -0.25) is 4.79 Å². The zero-order valence-electron chi connectivity index (χ0n) is 12.7. The van der Waals surface area contributed by atoms with Crippen molar-refractivity contribution in [3.8, 4) is 0 Å². The molecule has 0 saturated heterocycles. The van der Waals surface area contributed by atoms with Gasteiger partial charge in [-0.05, 0) is 32.1 Å². The molecule has 1 atom stereocenters. The van der Waals surface area contributed by atoms with Gasteiger partial charge in [-0.15, -0.1) is 10.2 Å². The summed E-state index contributed by atoms with van der Waals surface area (Å²) in [5.41, 5.74) is 0. The summed E-state index contributed by atoms with van der Waals surface area (Å²) in [6.45, 7) is 2.14.